The minimum Gasteiger partial charge on any atom is -0.390 e. The van der Waals surface area contributed by atoms with Gasteiger partial charge in [0.1, 0.15) is 10.3 Å². The highest BCUT2D eigenvalue weighted by atomic mass is 32.2. The summed E-state index contributed by atoms with van der Waals surface area (Å²) >= 11 is 2.73. The molecule has 0 bridgehead atoms. The van der Waals surface area contributed by atoms with E-state index in [0.29, 0.717) is 56.5 Å². The van der Waals surface area contributed by atoms with E-state index in [2.05, 4.69) is 30.2 Å². The summed E-state index contributed by atoms with van der Waals surface area (Å²) in [5.74, 6) is -0.847. The van der Waals surface area contributed by atoms with Gasteiger partial charge in [0.15, 0.2) is 0 Å². The first kappa shape index (κ1) is 36.9. The summed E-state index contributed by atoms with van der Waals surface area (Å²) in [4.78, 5) is 51.2. The summed E-state index contributed by atoms with van der Waals surface area (Å²) in [6.07, 6.45) is 10.8. The second kappa shape index (κ2) is 18.6. The van der Waals surface area contributed by atoms with Gasteiger partial charge in [-0.15, -0.1) is 16.9 Å². The maximum atomic E-state index is 14.3. The van der Waals surface area contributed by atoms with Gasteiger partial charge in [-0.3, -0.25) is 14.4 Å². The second-order valence-corrected chi connectivity index (χ2v) is 15.6. The van der Waals surface area contributed by atoms with Crippen molar-refractivity contribution < 1.29 is 24.2 Å². The summed E-state index contributed by atoms with van der Waals surface area (Å²) in [7, 11) is 0. The Kier molecular flexibility index (Phi) is 13.5. The molecule has 3 heterocycles. The summed E-state index contributed by atoms with van der Waals surface area (Å²) in [6, 6.07) is 12.5. The van der Waals surface area contributed by atoms with Crippen LogP contribution in [0.15, 0.2) is 65.4 Å². The number of nitrogens with one attached hydrogen (secondary N) is 3. The van der Waals surface area contributed by atoms with Crippen LogP contribution in [-0.4, -0.2) is 97.5 Å². The lowest BCUT2D eigenvalue weighted by Crippen LogP contribution is -2.55. The van der Waals surface area contributed by atoms with Crippen LogP contribution in [0.1, 0.15) is 56.2 Å². The number of carbonyl (C=O) groups excluding carboxylic acids is 3. The number of aromatic nitrogens is 4. The number of aromatic amines is 1. The molecule has 6 rings (SSSR count). The lowest BCUT2D eigenvalue weighted by Gasteiger charge is -2.32. The van der Waals surface area contributed by atoms with Crippen LogP contribution in [0, 0.1) is 11.8 Å². The van der Waals surface area contributed by atoms with E-state index in [1.54, 1.807) is 17.3 Å². The number of nitrogens with zero attached hydrogens (tertiary/aromatic N) is 4. The van der Waals surface area contributed by atoms with Gasteiger partial charge in [0.25, 0.3) is 0 Å². The molecule has 1 saturated carbocycles. The normalized spacial score (nSPS) is 17.8. The fraction of sp³-hybridized carbons (Fsp3) is 0.514. The average Bonchev–Trinajstić information content (AvgIpc) is 3.89. The monoisotopic (exact) mass is 733 g/mol. The number of fused-ring (bicyclic) bond motifs is 1. The van der Waals surface area contributed by atoms with Gasteiger partial charge in [0, 0.05) is 37.9 Å². The number of rotatable bonds is 16. The first-order valence-electron chi connectivity index (χ1n) is 17.9. The topological polar surface area (TPSA) is 162 Å². The number of hydrogen-bond acceptors (Lipinski definition) is 10. The Morgan fingerprint density at radius 1 is 1.02 bits per heavy atom. The third-order valence-corrected chi connectivity index (χ3v) is 11.9. The molecule has 4 aromatic rings. The van der Waals surface area contributed by atoms with Crippen molar-refractivity contribution in [3.05, 3.63) is 72.4 Å². The third kappa shape index (κ3) is 10.6. The molecule has 1 aliphatic carbocycles. The van der Waals surface area contributed by atoms with Gasteiger partial charge in [-0.1, -0.05) is 79.1 Å². The van der Waals surface area contributed by atoms with Gasteiger partial charge in [-0.05, 0) is 46.6 Å². The standard InChI is InChI=1S/C37H47N7O5S2/c45-33(23-50-35-22-40-43-51-35)31(17-25-7-2-1-3-8-25)41-37(48)32(20-29-21-38-24-39-29)42-36(47)28(19-34(46)44-13-15-49-16-14-44)18-27-11-6-10-26-9-4-5-12-30(26)27/h4-6,9-12,21-22,24-25,28,31-33,45H,1-3,7-8,13-20,23H2,(H,38,39)(H,41,48)(H,42,47)/t28?,31-,32-,33?/m0/s1. The van der Waals surface area contributed by atoms with E-state index >= 15 is 0 Å². The number of imidazole rings is 1. The molecular formula is C37H47N7O5S2. The van der Waals surface area contributed by atoms with E-state index in [1.807, 2.05) is 42.5 Å². The number of ether oxygens (including phenoxy) is 1. The lowest BCUT2D eigenvalue weighted by molar-refractivity contribution is -0.140. The molecule has 2 unspecified atom stereocenters. The molecule has 4 N–H and O–H groups in total. The van der Waals surface area contributed by atoms with Crippen molar-refractivity contribution >= 4 is 51.8 Å². The van der Waals surface area contributed by atoms with E-state index in [1.165, 1.54) is 36.0 Å². The number of amides is 3. The smallest absolute Gasteiger partial charge is 0.243 e. The first-order chi connectivity index (χ1) is 24.9. The summed E-state index contributed by atoms with van der Waals surface area (Å²) in [5, 5.41) is 23.6. The molecule has 0 radical (unpaired) electrons. The van der Waals surface area contributed by atoms with Gasteiger partial charge >= 0.3 is 0 Å². The SMILES string of the molecule is O=C(N[C@@H](Cc1c[nH]cn1)C(=O)N[C@@H](CC1CCCCC1)C(O)CSc1cnns1)C(CC(=O)N1CCOCC1)Cc1cccc2ccccc12. The van der Waals surface area contributed by atoms with Gasteiger partial charge in [-0.25, -0.2) is 4.98 Å². The quantitative estimate of drug-likeness (QED) is 0.124. The number of H-pyrrole nitrogens is 1. The van der Waals surface area contributed by atoms with Crippen molar-refractivity contribution in [3.63, 3.8) is 0 Å². The zero-order valence-corrected chi connectivity index (χ0v) is 30.4. The number of benzene rings is 2. The Labute approximate surface area is 306 Å². The zero-order valence-electron chi connectivity index (χ0n) is 28.7. The maximum Gasteiger partial charge on any atom is 0.243 e. The lowest BCUT2D eigenvalue weighted by atomic mass is 9.83. The van der Waals surface area contributed by atoms with E-state index in [4.69, 9.17) is 4.74 Å². The molecule has 0 spiro atoms. The number of aliphatic hydroxyl groups is 1. The number of hydrogen-bond donors (Lipinski definition) is 4. The number of thioether (sulfide) groups is 1. The highest BCUT2D eigenvalue weighted by Gasteiger charge is 2.33. The summed E-state index contributed by atoms with van der Waals surface area (Å²) in [5.41, 5.74) is 1.57. The van der Waals surface area contributed by atoms with Crippen LogP contribution >= 0.6 is 23.3 Å². The Morgan fingerprint density at radius 3 is 2.59 bits per heavy atom. The predicted molar refractivity (Wildman–Crippen MR) is 197 cm³/mol. The minimum absolute atomic E-state index is 0.00151. The van der Waals surface area contributed by atoms with Crippen molar-refractivity contribution in [1.82, 2.24) is 35.1 Å². The highest BCUT2D eigenvalue weighted by molar-refractivity contribution is 8.01. The molecule has 2 aliphatic rings. The van der Waals surface area contributed by atoms with Gasteiger partial charge in [0.05, 0.1) is 49.5 Å². The van der Waals surface area contributed by atoms with Crippen molar-refractivity contribution in [3.8, 4) is 0 Å². The van der Waals surface area contributed by atoms with Gasteiger partial charge in [-0.2, -0.15) is 0 Å². The van der Waals surface area contributed by atoms with Crippen molar-refractivity contribution in [1.29, 1.82) is 0 Å². The Balaban J connectivity index is 1.22. The molecule has 2 fully saturated rings. The van der Waals surface area contributed by atoms with E-state index in [9.17, 15) is 19.5 Å². The van der Waals surface area contributed by atoms with E-state index < -0.39 is 24.1 Å². The molecule has 272 valence electrons. The Bertz CT molecular complexity index is 1690. The molecule has 4 atom stereocenters. The van der Waals surface area contributed by atoms with Crippen molar-refractivity contribution in [2.45, 2.75) is 80.2 Å². The molecular weight excluding hydrogens is 687 g/mol. The molecule has 1 saturated heterocycles. The number of morpholine rings is 1. The fourth-order valence-electron chi connectivity index (χ4n) is 7.14. The van der Waals surface area contributed by atoms with Crippen LogP contribution in [0.25, 0.3) is 10.8 Å². The second-order valence-electron chi connectivity index (χ2n) is 13.5. The van der Waals surface area contributed by atoms with Crippen LogP contribution in [0.5, 0.6) is 0 Å². The summed E-state index contributed by atoms with van der Waals surface area (Å²) in [6.45, 7) is 1.89. The average molecular weight is 734 g/mol. The molecule has 51 heavy (non-hydrogen) atoms. The van der Waals surface area contributed by atoms with Crippen LogP contribution in [-0.2, 0) is 32.0 Å². The number of aliphatic hydroxyl groups excluding tert-OH is 1. The van der Waals surface area contributed by atoms with Gasteiger partial charge in [0.2, 0.25) is 17.7 Å². The predicted octanol–water partition coefficient (Wildman–Crippen LogP) is 4.16. The first-order valence-corrected chi connectivity index (χ1v) is 19.7. The molecule has 2 aromatic heterocycles. The van der Waals surface area contributed by atoms with Crippen molar-refractivity contribution in [2.75, 3.05) is 32.1 Å². The Morgan fingerprint density at radius 2 is 1.82 bits per heavy atom. The minimum atomic E-state index is -0.978. The van der Waals surface area contributed by atoms with Crippen LogP contribution in [0.2, 0.25) is 0 Å². The molecule has 12 nitrogen and oxygen atoms in total. The van der Waals surface area contributed by atoms with Crippen molar-refractivity contribution in [2.24, 2.45) is 11.8 Å². The number of carbonyl (C=O) groups is 3. The van der Waals surface area contributed by atoms with E-state index in [-0.39, 0.29) is 30.6 Å². The van der Waals surface area contributed by atoms with Gasteiger partial charge < -0.3 is 30.4 Å². The molecule has 2 aromatic carbocycles. The molecule has 3 amide bonds. The van der Waals surface area contributed by atoms with Crippen LogP contribution in [0.4, 0.5) is 0 Å². The largest absolute Gasteiger partial charge is 0.390 e. The van der Waals surface area contributed by atoms with Crippen LogP contribution < -0.4 is 10.6 Å². The Hall–Kier alpha value is -3.85. The fourth-order valence-corrected chi connectivity index (χ4v) is 8.61. The molecule has 14 heteroatoms. The third-order valence-electron chi connectivity index (χ3n) is 9.94. The van der Waals surface area contributed by atoms with E-state index in [0.717, 1.165) is 46.2 Å². The molecule has 1 aliphatic heterocycles. The maximum absolute atomic E-state index is 14.3. The highest BCUT2D eigenvalue weighted by Crippen LogP contribution is 2.30. The van der Waals surface area contributed by atoms with Crippen LogP contribution in [0.3, 0.4) is 0 Å². The summed E-state index contributed by atoms with van der Waals surface area (Å²) < 4.78 is 10.3. The zero-order chi connectivity index (χ0) is 35.4.